The first-order chi connectivity index (χ1) is 14.1. The van der Waals surface area contributed by atoms with E-state index in [0.29, 0.717) is 5.56 Å². The molecule has 0 bridgehead atoms. The van der Waals surface area contributed by atoms with Crippen molar-refractivity contribution in [2.45, 2.75) is 25.4 Å². The molecular formula is C24H21N3OS. The van der Waals surface area contributed by atoms with E-state index in [9.17, 15) is 4.79 Å². The van der Waals surface area contributed by atoms with Crippen molar-refractivity contribution < 1.29 is 4.79 Å². The smallest absolute Gasteiger partial charge is 0.257 e. The highest BCUT2D eigenvalue weighted by Crippen LogP contribution is 2.36. The average molecular weight is 400 g/mol. The lowest BCUT2D eigenvalue weighted by molar-refractivity contribution is 0.102. The van der Waals surface area contributed by atoms with Gasteiger partial charge in [0.2, 0.25) is 0 Å². The van der Waals surface area contributed by atoms with Crippen LogP contribution in [0.4, 0.5) is 5.82 Å². The van der Waals surface area contributed by atoms with Crippen LogP contribution in [-0.2, 0) is 11.5 Å². The molecule has 1 amide bonds. The van der Waals surface area contributed by atoms with Gasteiger partial charge in [-0.2, -0.15) is 16.9 Å². The number of benzene rings is 3. The Hall–Kier alpha value is -3.05. The van der Waals surface area contributed by atoms with E-state index in [1.165, 1.54) is 11.1 Å². The molecule has 3 aromatic carbocycles. The summed E-state index contributed by atoms with van der Waals surface area (Å²) in [7, 11) is 0. The minimum atomic E-state index is -0.105. The van der Waals surface area contributed by atoms with E-state index in [-0.39, 0.29) is 5.91 Å². The highest BCUT2D eigenvalue weighted by Gasteiger charge is 2.25. The number of nitrogens with one attached hydrogen (secondary N) is 1. The van der Waals surface area contributed by atoms with Crippen molar-refractivity contribution in [1.82, 2.24) is 9.78 Å². The molecule has 5 rings (SSSR count). The van der Waals surface area contributed by atoms with Crippen LogP contribution >= 0.6 is 11.8 Å². The second kappa shape index (κ2) is 7.08. The standard InChI is InChI=1S/C24H21N3OS/c1-15-10-11-18(12-16(15)2)27-23(21-13-29-14-22(21)26-27)25-24(28)20-9-5-7-17-6-3-4-8-19(17)20/h3-12H,13-14H2,1-2H3,(H,25,28). The van der Waals surface area contributed by atoms with Crippen LogP contribution in [0, 0.1) is 13.8 Å². The van der Waals surface area contributed by atoms with Crippen LogP contribution < -0.4 is 5.32 Å². The molecule has 4 aromatic rings. The molecule has 2 heterocycles. The first kappa shape index (κ1) is 18.0. The molecular weight excluding hydrogens is 378 g/mol. The monoisotopic (exact) mass is 399 g/mol. The molecule has 1 aromatic heterocycles. The fraction of sp³-hybridized carbons (Fsp3) is 0.167. The van der Waals surface area contributed by atoms with Crippen molar-refractivity contribution in [1.29, 1.82) is 0 Å². The van der Waals surface area contributed by atoms with Gasteiger partial charge in [-0.25, -0.2) is 4.68 Å². The summed E-state index contributed by atoms with van der Waals surface area (Å²) in [6.07, 6.45) is 0. The number of carbonyl (C=O) groups excluding carboxylic acids is 1. The lowest BCUT2D eigenvalue weighted by Gasteiger charge is -2.13. The fourth-order valence-electron chi connectivity index (χ4n) is 3.78. The Bertz CT molecular complexity index is 1250. The van der Waals surface area contributed by atoms with E-state index in [0.717, 1.165) is 45.0 Å². The number of amides is 1. The van der Waals surface area contributed by atoms with E-state index in [1.807, 2.05) is 58.9 Å². The number of hydrogen-bond donors (Lipinski definition) is 1. The number of nitrogens with zero attached hydrogens (tertiary/aromatic N) is 2. The van der Waals surface area contributed by atoms with Gasteiger partial charge in [0, 0.05) is 22.6 Å². The molecule has 1 N–H and O–H groups in total. The molecule has 0 saturated heterocycles. The Kier molecular flexibility index (Phi) is 4.40. The number of hydrogen-bond acceptors (Lipinski definition) is 3. The minimum absolute atomic E-state index is 0.105. The van der Waals surface area contributed by atoms with Gasteiger partial charge in [-0.05, 0) is 53.9 Å². The predicted octanol–water partition coefficient (Wildman–Crippen LogP) is 5.64. The number of anilines is 1. The molecule has 0 saturated carbocycles. The molecule has 0 unspecified atom stereocenters. The zero-order valence-electron chi connectivity index (χ0n) is 16.4. The summed E-state index contributed by atoms with van der Waals surface area (Å²) in [6, 6.07) is 20.1. The Morgan fingerprint density at radius 1 is 1.00 bits per heavy atom. The van der Waals surface area contributed by atoms with Gasteiger partial charge in [-0.1, -0.05) is 42.5 Å². The normalized spacial score (nSPS) is 12.9. The number of thioether (sulfide) groups is 1. The molecule has 0 aliphatic carbocycles. The van der Waals surface area contributed by atoms with Gasteiger partial charge in [-0.15, -0.1) is 0 Å². The van der Waals surface area contributed by atoms with Crippen molar-refractivity contribution >= 4 is 34.3 Å². The van der Waals surface area contributed by atoms with E-state index in [2.05, 4.69) is 37.4 Å². The third-order valence-corrected chi connectivity index (χ3v) is 6.52. The van der Waals surface area contributed by atoms with Crippen LogP contribution in [0.1, 0.15) is 32.7 Å². The van der Waals surface area contributed by atoms with E-state index in [1.54, 1.807) is 0 Å². The van der Waals surface area contributed by atoms with Crippen molar-refractivity contribution in [3.05, 3.63) is 88.6 Å². The van der Waals surface area contributed by atoms with Gasteiger partial charge in [0.05, 0.1) is 11.4 Å². The number of rotatable bonds is 3. The molecule has 0 fully saturated rings. The number of aryl methyl sites for hydroxylation is 2. The van der Waals surface area contributed by atoms with Crippen LogP contribution in [0.15, 0.2) is 60.7 Å². The maximum absolute atomic E-state index is 13.3. The second-order valence-corrected chi connectivity index (χ2v) is 8.41. The summed E-state index contributed by atoms with van der Waals surface area (Å²) in [5.74, 6) is 2.42. The topological polar surface area (TPSA) is 46.9 Å². The maximum Gasteiger partial charge on any atom is 0.257 e. The number of carbonyl (C=O) groups is 1. The van der Waals surface area contributed by atoms with Crippen LogP contribution in [0.3, 0.4) is 0 Å². The first-order valence-electron chi connectivity index (χ1n) is 9.67. The summed E-state index contributed by atoms with van der Waals surface area (Å²) >= 11 is 1.83. The Morgan fingerprint density at radius 3 is 2.69 bits per heavy atom. The quantitative estimate of drug-likeness (QED) is 0.485. The van der Waals surface area contributed by atoms with Gasteiger partial charge in [0.25, 0.3) is 5.91 Å². The summed E-state index contributed by atoms with van der Waals surface area (Å²) in [4.78, 5) is 13.3. The van der Waals surface area contributed by atoms with Gasteiger partial charge in [0.15, 0.2) is 0 Å². The van der Waals surface area contributed by atoms with Crippen LogP contribution in [-0.4, -0.2) is 15.7 Å². The lowest BCUT2D eigenvalue weighted by atomic mass is 10.0. The molecule has 0 atom stereocenters. The summed E-state index contributed by atoms with van der Waals surface area (Å²) < 4.78 is 1.89. The average Bonchev–Trinajstić information content (AvgIpc) is 3.32. The molecule has 0 spiro atoms. The molecule has 1 aliphatic rings. The minimum Gasteiger partial charge on any atom is -0.306 e. The molecule has 5 heteroatoms. The van der Waals surface area contributed by atoms with Crippen LogP contribution in [0.25, 0.3) is 16.5 Å². The zero-order valence-corrected chi connectivity index (χ0v) is 17.2. The number of aromatic nitrogens is 2. The zero-order chi connectivity index (χ0) is 20.0. The summed E-state index contributed by atoms with van der Waals surface area (Å²) in [5.41, 5.74) is 6.28. The van der Waals surface area contributed by atoms with Crippen molar-refractivity contribution in [3.8, 4) is 5.69 Å². The predicted molar refractivity (Wildman–Crippen MR) is 120 cm³/mol. The van der Waals surface area contributed by atoms with Gasteiger partial charge in [-0.3, -0.25) is 4.79 Å². The highest BCUT2D eigenvalue weighted by atomic mass is 32.2. The van der Waals surface area contributed by atoms with E-state index < -0.39 is 0 Å². The Morgan fingerprint density at radius 2 is 1.83 bits per heavy atom. The third-order valence-electron chi connectivity index (χ3n) is 5.55. The third kappa shape index (κ3) is 3.12. The summed E-state index contributed by atoms with van der Waals surface area (Å²) in [5, 5.41) is 10.0. The molecule has 1 aliphatic heterocycles. The summed E-state index contributed by atoms with van der Waals surface area (Å²) in [6.45, 7) is 4.20. The van der Waals surface area contributed by atoms with Gasteiger partial charge in [0.1, 0.15) is 5.82 Å². The van der Waals surface area contributed by atoms with Crippen LogP contribution in [0.2, 0.25) is 0 Å². The maximum atomic E-state index is 13.3. The molecule has 4 nitrogen and oxygen atoms in total. The van der Waals surface area contributed by atoms with Gasteiger partial charge >= 0.3 is 0 Å². The van der Waals surface area contributed by atoms with Crippen molar-refractivity contribution in [3.63, 3.8) is 0 Å². The number of fused-ring (bicyclic) bond motifs is 2. The molecule has 29 heavy (non-hydrogen) atoms. The van der Waals surface area contributed by atoms with Gasteiger partial charge < -0.3 is 5.32 Å². The largest absolute Gasteiger partial charge is 0.306 e. The Labute approximate surface area is 173 Å². The molecule has 0 radical (unpaired) electrons. The van der Waals surface area contributed by atoms with Crippen molar-refractivity contribution in [2.75, 3.05) is 5.32 Å². The van der Waals surface area contributed by atoms with Crippen LogP contribution in [0.5, 0.6) is 0 Å². The SMILES string of the molecule is Cc1ccc(-n2nc3c(c2NC(=O)c2cccc4ccccc24)CSC3)cc1C. The first-order valence-corrected chi connectivity index (χ1v) is 10.8. The van der Waals surface area contributed by atoms with Crippen molar-refractivity contribution in [2.24, 2.45) is 0 Å². The fourth-order valence-corrected chi connectivity index (χ4v) is 4.82. The lowest BCUT2D eigenvalue weighted by Crippen LogP contribution is -2.16. The Balaban J connectivity index is 1.59. The molecule has 144 valence electrons. The highest BCUT2D eigenvalue weighted by molar-refractivity contribution is 7.98. The van der Waals surface area contributed by atoms with E-state index in [4.69, 9.17) is 5.10 Å². The second-order valence-electron chi connectivity index (χ2n) is 7.43. The van der Waals surface area contributed by atoms with E-state index >= 15 is 0 Å².